The molecule has 0 aliphatic heterocycles. The van der Waals surface area contributed by atoms with Crippen LogP contribution in [0.25, 0.3) is 0 Å². The summed E-state index contributed by atoms with van der Waals surface area (Å²) in [5, 5.41) is 7.65. The van der Waals surface area contributed by atoms with E-state index in [2.05, 4.69) is 41.4 Å². The number of carbonyl (C=O) groups is 1. The van der Waals surface area contributed by atoms with E-state index >= 15 is 0 Å². The van der Waals surface area contributed by atoms with E-state index in [9.17, 15) is 4.79 Å². The molecule has 102 valence electrons. The van der Waals surface area contributed by atoms with Crippen molar-refractivity contribution in [3.63, 3.8) is 0 Å². The van der Waals surface area contributed by atoms with Crippen molar-refractivity contribution in [2.45, 2.75) is 26.3 Å². The van der Waals surface area contributed by atoms with E-state index in [0.717, 1.165) is 12.0 Å². The topological polar surface area (TPSA) is 41.8 Å². The SMILES string of the molecule is Cc1ccc(CC(N=NC=O)c2ccc(C)cc2)cc1. The number of benzene rings is 2. The molecule has 20 heavy (non-hydrogen) atoms. The Morgan fingerprint density at radius 2 is 1.50 bits per heavy atom. The van der Waals surface area contributed by atoms with Crippen molar-refractivity contribution in [2.24, 2.45) is 10.2 Å². The second-order valence-corrected chi connectivity index (χ2v) is 4.95. The normalized spacial score (nSPS) is 12.5. The van der Waals surface area contributed by atoms with Gasteiger partial charge in [-0.05, 0) is 25.0 Å². The lowest BCUT2D eigenvalue weighted by Gasteiger charge is -2.12. The first-order chi connectivity index (χ1) is 9.69. The predicted octanol–water partition coefficient (Wildman–Crippen LogP) is 4.20. The summed E-state index contributed by atoms with van der Waals surface area (Å²) in [7, 11) is 0. The fourth-order valence-electron chi connectivity index (χ4n) is 2.07. The molecule has 0 radical (unpaired) electrons. The highest BCUT2D eigenvalue weighted by atomic mass is 16.1. The van der Waals surface area contributed by atoms with Gasteiger partial charge < -0.3 is 0 Å². The van der Waals surface area contributed by atoms with Crippen molar-refractivity contribution in [3.8, 4) is 0 Å². The highest BCUT2D eigenvalue weighted by molar-refractivity contribution is 5.46. The number of hydrogen-bond acceptors (Lipinski definition) is 2. The van der Waals surface area contributed by atoms with Crippen LogP contribution in [0.15, 0.2) is 58.8 Å². The van der Waals surface area contributed by atoms with Crippen molar-refractivity contribution in [2.75, 3.05) is 0 Å². The van der Waals surface area contributed by atoms with Crippen molar-refractivity contribution in [3.05, 3.63) is 70.8 Å². The predicted molar refractivity (Wildman–Crippen MR) is 79.7 cm³/mol. The lowest BCUT2D eigenvalue weighted by atomic mass is 9.98. The summed E-state index contributed by atoms with van der Waals surface area (Å²) < 4.78 is 0. The minimum absolute atomic E-state index is 0.122. The number of rotatable bonds is 5. The van der Waals surface area contributed by atoms with E-state index in [1.807, 2.05) is 31.2 Å². The fraction of sp³-hybridized carbons (Fsp3) is 0.235. The molecule has 0 heterocycles. The molecule has 2 aromatic rings. The van der Waals surface area contributed by atoms with E-state index in [-0.39, 0.29) is 6.04 Å². The quantitative estimate of drug-likeness (QED) is 0.590. The monoisotopic (exact) mass is 266 g/mol. The van der Waals surface area contributed by atoms with Crippen LogP contribution in [0.2, 0.25) is 0 Å². The Morgan fingerprint density at radius 3 is 2.05 bits per heavy atom. The molecule has 2 rings (SSSR count). The van der Waals surface area contributed by atoms with Gasteiger partial charge in [-0.25, -0.2) is 0 Å². The Balaban J connectivity index is 2.23. The summed E-state index contributed by atoms with van der Waals surface area (Å²) in [6, 6.07) is 16.4. The van der Waals surface area contributed by atoms with Crippen LogP contribution in [0.4, 0.5) is 0 Å². The zero-order valence-corrected chi connectivity index (χ0v) is 11.8. The number of aryl methyl sites for hydroxylation is 2. The molecular weight excluding hydrogens is 248 g/mol. The first-order valence-corrected chi connectivity index (χ1v) is 6.65. The average Bonchev–Trinajstić information content (AvgIpc) is 2.46. The van der Waals surface area contributed by atoms with Crippen molar-refractivity contribution >= 4 is 6.41 Å². The van der Waals surface area contributed by atoms with Crippen LogP contribution in [0.5, 0.6) is 0 Å². The number of carbonyl (C=O) groups excluding carboxylic acids is 1. The van der Waals surface area contributed by atoms with E-state index in [4.69, 9.17) is 0 Å². The van der Waals surface area contributed by atoms with E-state index in [1.54, 1.807) is 0 Å². The molecule has 1 unspecified atom stereocenters. The maximum Gasteiger partial charge on any atom is 0.252 e. The van der Waals surface area contributed by atoms with Gasteiger partial charge >= 0.3 is 0 Å². The van der Waals surface area contributed by atoms with Gasteiger partial charge in [-0.1, -0.05) is 59.7 Å². The molecule has 0 aliphatic carbocycles. The maximum absolute atomic E-state index is 10.4. The Labute approximate surface area is 119 Å². The van der Waals surface area contributed by atoms with Crippen LogP contribution >= 0.6 is 0 Å². The van der Waals surface area contributed by atoms with Crippen LogP contribution in [0.1, 0.15) is 28.3 Å². The number of hydrogen-bond donors (Lipinski definition) is 0. The van der Waals surface area contributed by atoms with E-state index in [0.29, 0.717) is 6.41 Å². The molecule has 0 bridgehead atoms. The molecule has 0 spiro atoms. The Hall–Kier alpha value is -2.29. The number of nitrogens with zero attached hydrogens (tertiary/aromatic N) is 2. The second-order valence-electron chi connectivity index (χ2n) is 4.95. The largest absolute Gasteiger partial charge is 0.275 e. The van der Waals surface area contributed by atoms with Crippen LogP contribution in [0.3, 0.4) is 0 Å². The van der Waals surface area contributed by atoms with Gasteiger partial charge in [0, 0.05) is 6.42 Å². The Bertz CT molecular complexity index is 585. The molecule has 1 amide bonds. The summed E-state index contributed by atoms with van der Waals surface area (Å²) >= 11 is 0. The molecule has 0 fully saturated rings. The Kier molecular flexibility index (Phi) is 4.77. The highest BCUT2D eigenvalue weighted by Gasteiger charge is 2.11. The lowest BCUT2D eigenvalue weighted by molar-refractivity contribution is -0.107. The van der Waals surface area contributed by atoms with Gasteiger partial charge in [0.05, 0.1) is 0 Å². The van der Waals surface area contributed by atoms with Crippen molar-refractivity contribution in [1.29, 1.82) is 0 Å². The minimum atomic E-state index is -0.122. The van der Waals surface area contributed by atoms with Crippen molar-refractivity contribution < 1.29 is 4.79 Å². The third-order valence-electron chi connectivity index (χ3n) is 3.26. The van der Waals surface area contributed by atoms with Gasteiger partial charge in [0.15, 0.2) is 0 Å². The molecule has 0 saturated carbocycles. The lowest BCUT2D eigenvalue weighted by Crippen LogP contribution is -2.00. The van der Waals surface area contributed by atoms with Crippen LogP contribution in [-0.4, -0.2) is 6.41 Å². The first-order valence-electron chi connectivity index (χ1n) is 6.65. The average molecular weight is 266 g/mol. The van der Waals surface area contributed by atoms with Crippen LogP contribution in [0, 0.1) is 13.8 Å². The molecule has 0 saturated heterocycles. The van der Waals surface area contributed by atoms with Gasteiger partial charge in [0.2, 0.25) is 0 Å². The molecular formula is C17H18N2O. The summed E-state index contributed by atoms with van der Waals surface area (Å²) in [5.41, 5.74) is 4.69. The third-order valence-corrected chi connectivity index (χ3v) is 3.26. The maximum atomic E-state index is 10.4. The van der Waals surface area contributed by atoms with Gasteiger partial charge in [-0.3, -0.25) is 4.79 Å². The standard InChI is InChI=1S/C17H18N2O/c1-13-3-7-15(8-4-13)11-17(19-18-12-20)16-9-5-14(2)6-10-16/h3-10,12,17H,11H2,1-2H3. The molecule has 0 aromatic heterocycles. The smallest absolute Gasteiger partial charge is 0.252 e. The second kappa shape index (κ2) is 6.75. The van der Waals surface area contributed by atoms with E-state index in [1.165, 1.54) is 16.7 Å². The Morgan fingerprint density at radius 1 is 0.950 bits per heavy atom. The highest BCUT2D eigenvalue weighted by Crippen LogP contribution is 2.23. The first kappa shape index (κ1) is 14.1. The van der Waals surface area contributed by atoms with Gasteiger partial charge in [-0.15, -0.1) is 5.11 Å². The van der Waals surface area contributed by atoms with Crippen molar-refractivity contribution in [1.82, 2.24) is 0 Å². The molecule has 2 aromatic carbocycles. The molecule has 3 nitrogen and oxygen atoms in total. The fourth-order valence-corrected chi connectivity index (χ4v) is 2.07. The zero-order chi connectivity index (χ0) is 14.4. The summed E-state index contributed by atoms with van der Waals surface area (Å²) in [6.07, 6.45) is 1.22. The zero-order valence-electron chi connectivity index (χ0n) is 11.8. The van der Waals surface area contributed by atoms with Gasteiger partial charge in [-0.2, -0.15) is 5.11 Å². The minimum Gasteiger partial charge on any atom is -0.275 e. The van der Waals surface area contributed by atoms with Crippen LogP contribution < -0.4 is 0 Å². The van der Waals surface area contributed by atoms with Gasteiger partial charge in [0.25, 0.3) is 6.41 Å². The van der Waals surface area contributed by atoms with Crippen LogP contribution in [-0.2, 0) is 11.2 Å². The van der Waals surface area contributed by atoms with E-state index < -0.39 is 0 Å². The molecule has 1 atom stereocenters. The third kappa shape index (κ3) is 3.85. The number of amides is 1. The summed E-state index contributed by atoms with van der Waals surface area (Å²) in [4.78, 5) is 10.4. The van der Waals surface area contributed by atoms with Gasteiger partial charge in [0.1, 0.15) is 6.04 Å². The molecule has 0 N–H and O–H groups in total. The molecule has 0 aliphatic rings. The summed E-state index contributed by atoms with van der Waals surface area (Å²) in [5.74, 6) is 0. The molecule has 3 heteroatoms. The summed E-state index contributed by atoms with van der Waals surface area (Å²) in [6.45, 7) is 4.11. The number of azo groups is 1.